The number of nitrogens with one attached hydrogen (secondary N) is 2. The number of aromatic nitrogens is 1. The van der Waals surface area contributed by atoms with E-state index in [-0.39, 0.29) is 35.2 Å². The van der Waals surface area contributed by atoms with Crippen molar-refractivity contribution in [3.63, 3.8) is 0 Å². The Labute approximate surface area is 212 Å². The third kappa shape index (κ3) is 4.75. The van der Waals surface area contributed by atoms with E-state index in [2.05, 4.69) is 10.3 Å². The van der Waals surface area contributed by atoms with Gasteiger partial charge in [-0.15, -0.1) is 0 Å². The number of hydrogen-bond acceptors (Lipinski definition) is 4. The van der Waals surface area contributed by atoms with E-state index in [1.807, 2.05) is 36.4 Å². The second-order valence-corrected chi connectivity index (χ2v) is 10.6. The minimum Gasteiger partial charge on any atom is -0.351 e. The molecule has 36 heavy (non-hydrogen) atoms. The van der Waals surface area contributed by atoms with Gasteiger partial charge in [-0.2, -0.15) is 0 Å². The largest absolute Gasteiger partial charge is 0.351 e. The first-order valence-electron chi connectivity index (χ1n) is 13.4. The maximum Gasteiger partial charge on any atom is 0.270 e. The predicted octanol–water partition coefficient (Wildman–Crippen LogP) is 4.15. The van der Waals surface area contributed by atoms with Gasteiger partial charge in [-0.3, -0.25) is 19.2 Å². The van der Waals surface area contributed by atoms with Crippen molar-refractivity contribution < 1.29 is 19.2 Å². The fourth-order valence-electron chi connectivity index (χ4n) is 6.51. The van der Waals surface area contributed by atoms with Gasteiger partial charge in [-0.05, 0) is 61.6 Å². The fraction of sp³-hybridized carbons (Fsp3) is 0.517. The summed E-state index contributed by atoms with van der Waals surface area (Å²) in [5, 5.41) is 2.99. The summed E-state index contributed by atoms with van der Waals surface area (Å²) < 4.78 is 0. The Morgan fingerprint density at radius 1 is 1.06 bits per heavy atom. The third-order valence-corrected chi connectivity index (χ3v) is 8.43. The zero-order chi connectivity index (χ0) is 25.2. The second-order valence-electron chi connectivity index (χ2n) is 10.6. The molecule has 5 rings (SSSR count). The van der Waals surface area contributed by atoms with Gasteiger partial charge < -0.3 is 15.2 Å². The molecular formula is C29H35N3O4. The molecule has 3 aliphatic rings. The number of likely N-dealkylation sites (tertiary alicyclic amines) is 1. The number of Topliss-reactive ketones (excluding diaryl/α,β-unsaturated/α-hetero) is 2. The van der Waals surface area contributed by atoms with Crippen LogP contribution in [0.2, 0.25) is 0 Å². The molecule has 1 aliphatic heterocycles. The summed E-state index contributed by atoms with van der Waals surface area (Å²) in [6.45, 7) is 2.33. The molecular weight excluding hydrogens is 454 g/mol. The number of hydrogen-bond donors (Lipinski definition) is 2. The molecule has 7 nitrogen and oxygen atoms in total. The van der Waals surface area contributed by atoms with Gasteiger partial charge in [0.2, 0.25) is 5.91 Å². The first-order chi connectivity index (χ1) is 17.5. The van der Waals surface area contributed by atoms with Gasteiger partial charge in [0.25, 0.3) is 5.91 Å². The van der Waals surface area contributed by atoms with Crippen molar-refractivity contribution in [3.8, 4) is 11.3 Å². The van der Waals surface area contributed by atoms with Crippen LogP contribution in [-0.4, -0.2) is 51.9 Å². The van der Waals surface area contributed by atoms with Crippen LogP contribution < -0.4 is 5.32 Å². The number of carbonyl (C=O) groups is 4. The molecule has 7 heteroatoms. The number of aromatic amines is 1. The van der Waals surface area contributed by atoms with Crippen LogP contribution in [0.25, 0.3) is 11.3 Å². The van der Waals surface area contributed by atoms with Crippen molar-refractivity contribution >= 4 is 23.4 Å². The summed E-state index contributed by atoms with van der Waals surface area (Å²) in [6, 6.07) is 12.2. The molecule has 2 heterocycles. The maximum atomic E-state index is 13.7. The molecule has 5 unspecified atom stereocenters. The number of benzene rings is 1. The summed E-state index contributed by atoms with van der Waals surface area (Å²) in [7, 11) is 0. The fourth-order valence-corrected chi connectivity index (χ4v) is 6.51. The van der Waals surface area contributed by atoms with Crippen molar-refractivity contribution in [3.05, 3.63) is 48.2 Å². The van der Waals surface area contributed by atoms with Gasteiger partial charge in [0.15, 0.2) is 5.78 Å². The number of amides is 2. The lowest BCUT2D eigenvalue weighted by atomic mass is 9.91. The van der Waals surface area contributed by atoms with Crippen molar-refractivity contribution in [2.45, 2.75) is 70.4 Å². The Kier molecular flexibility index (Phi) is 7.08. The van der Waals surface area contributed by atoms with Gasteiger partial charge in [-0.25, -0.2) is 0 Å². The predicted molar refractivity (Wildman–Crippen MR) is 136 cm³/mol. The molecule has 2 saturated carbocycles. The average molecular weight is 490 g/mol. The smallest absolute Gasteiger partial charge is 0.270 e. The topological polar surface area (TPSA) is 99.3 Å². The first-order valence-corrected chi connectivity index (χ1v) is 13.4. The molecule has 2 N–H and O–H groups in total. The lowest BCUT2D eigenvalue weighted by Crippen LogP contribution is -2.53. The molecule has 2 aliphatic carbocycles. The number of nitrogens with zero attached hydrogens (tertiary/aromatic N) is 1. The van der Waals surface area contributed by atoms with Gasteiger partial charge >= 0.3 is 0 Å². The number of fused-ring (bicyclic) bond motifs is 1. The van der Waals surface area contributed by atoms with E-state index in [4.69, 9.17) is 0 Å². The maximum absolute atomic E-state index is 13.7. The Morgan fingerprint density at radius 2 is 1.86 bits per heavy atom. The van der Waals surface area contributed by atoms with E-state index in [1.54, 1.807) is 17.9 Å². The van der Waals surface area contributed by atoms with Crippen molar-refractivity contribution in [2.24, 2.45) is 17.8 Å². The molecule has 190 valence electrons. The van der Waals surface area contributed by atoms with E-state index in [0.717, 1.165) is 43.4 Å². The minimum atomic E-state index is -0.679. The van der Waals surface area contributed by atoms with Crippen molar-refractivity contribution in [1.29, 1.82) is 0 Å². The van der Waals surface area contributed by atoms with Gasteiger partial charge in [0.1, 0.15) is 17.5 Å². The van der Waals surface area contributed by atoms with Crippen LogP contribution in [0.15, 0.2) is 42.5 Å². The van der Waals surface area contributed by atoms with Gasteiger partial charge in [0, 0.05) is 31.0 Å². The molecule has 1 aromatic carbocycles. The number of ketones is 2. The van der Waals surface area contributed by atoms with Crippen LogP contribution in [0.3, 0.4) is 0 Å². The zero-order valence-electron chi connectivity index (χ0n) is 20.9. The van der Waals surface area contributed by atoms with Gasteiger partial charge in [0.05, 0.1) is 6.04 Å². The van der Waals surface area contributed by atoms with Gasteiger partial charge in [-0.1, -0.05) is 43.7 Å². The van der Waals surface area contributed by atoms with E-state index < -0.39 is 12.1 Å². The molecule has 2 amide bonds. The molecule has 1 aromatic heterocycles. The highest BCUT2D eigenvalue weighted by molar-refractivity contribution is 5.99. The van der Waals surface area contributed by atoms with Crippen LogP contribution in [0.1, 0.15) is 68.8 Å². The summed E-state index contributed by atoms with van der Waals surface area (Å²) >= 11 is 0. The molecule has 3 fully saturated rings. The van der Waals surface area contributed by atoms with Crippen molar-refractivity contribution in [1.82, 2.24) is 15.2 Å². The number of H-pyrrole nitrogens is 1. The molecule has 0 radical (unpaired) electrons. The Balaban J connectivity index is 1.35. The molecule has 0 spiro atoms. The molecule has 5 atom stereocenters. The molecule has 2 aromatic rings. The molecule has 1 saturated heterocycles. The summed E-state index contributed by atoms with van der Waals surface area (Å²) in [4.78, 5) is 57.3. The van der Waals surface area contributed by atoms with E-state index in [9.17, 15) is 19.2 Å². The Bertz CT molecular complexity index is 1140. The lowest BCUT2D eigenvalue weighted by molar-refractivity contribution is -0.131. The first kappa shape index (κ1) is 24.5. The Hall–Kier alpha value is -3.22. The van der Waals surface area contributed by atoms with Crippen LogP contribution in [0.4, 0.5) is 0 Å². The number of rotatable bonds is 8. The SMILES string of the molecule is CCC(=O)C(CC1CCCC1=O)NC(=O)C1C2CCCC2CN1C(=O)c1ccc(-c2ccccc2)[nH]1. The van der Waals surface area contributed by atoms with E-state index in [1.165, 1.54) is 0 Å². The van der Waals surface area contributed by atoms with Crippen LogP contribution in [0.5, 0.6) is 0 Å². The van der Waals surface area contributed by atoms with Crippen LogP contribution in [-0.2, 0) is 14.4 Å². The monoisotopic (exact) mass is 489 g/mol. The van der Waals surface area contributed by atoms with E-state index >= 15 is 0 Å². The second kappa shape index (κ2) is 10.4. The minimum absolute atomic E-state index is 0.0567. The summed E-state index contributed by atoms with van der Waals surface area (Å²) in [5.41, 5.74) is 2.31. The quantitative estimate of drug-likeness (QED) is 0.582. The number of carbonyl (C=O) groups excluding carboxylic acids is 4. The van der Waals surface area contributed by atoms with Crippen LogP contribution in [0, 0.1) is 17.8 Å². The van der Waals surface area contributed by atoms with E-state index in [0.29, 0.717) is 37.4 Å². The normalized spacial score (nSPS) is 26.1. The lowest BCUT2D eigenvalue weighted by Gasteiger charge is -2.29. The third-order valence-electron chi connectivity index (χ3n) is 8.43. The summed E-state index contributed by atoms with van der Waals surface area (Å²) in [6.07, 6.45) is 5.81. The molecule has 0 bridgehead atoms. The van der Waals surface area contributed by atoms with Crippen LogP contribution >= 0.6 is 0 Å². The van der Waals surface area contributed by atoms with Crippen molar-refractivity contribution in [2.75, 3.05) is 6.54 Å². The highest BCUT2D eigenvalue weighted by atomic mass is 16.2. The highest BCUT2D eigenvalue weighted by Gasteiger charge is 2.50. The Morgan fingerprint density at radius 3 is 2.58 bits per heavy atom. The average Bonchev–Trinajstić information content (AvgIpc) is 3.68. The standard InChI is InChI=1S/C29H35N3O4/c1-2-25(33)24(16-19-10-7-13-26(19)34)31-28(35)27-21-12-6-11-20(21)17-32(27)29(36)23-15-14-22(30-23)18-8-4-3-5-9-18/h3-5,8-9,14-15,19-21,24,27,30H,2,6-7,10-13,16-17H2,1H3,(H,31,35). The highest BCUT2D eigenvalue weighted by Crippen LogP contribution is 2.43. The summed E-state index contributed by atoms with van der Waals surface area (Å²) in [5.74, 6) is -0.0815. The zero-order valence-corrected chi connectivity index (χ0v) is 20.9.